The van der Waals surface area contributed by atoms with Gasteiger partial charge >= 0.3 is 0 Å². The molecular weight excluding hydrogens is 170 g/mol. The van der Waals surface area contributed by atoms with Crippen LogP contribution in [0.2, 0.25) is 0 Å². The van der Waals surface area contributed by atoms with Gasteiger partial charge in [-0.3, -0.25) is 0 Å². The quantitative estimate of drug-likeness (QED) is 0.618. The molecule has 3 heteroatoms. The van der Waals surface area contributed by atoms with Crippen molar-refractivity contribution in [1.82, 2.24) is 4.90 Å². The first-order valence-electron chi connectivity index (χ1n) is 4.74. The van der Waals surface area contributed by atoms with Gasteiger partial charge in [0.15, 0.2) is 0 Å². The Morgan fingerprint density at radius 2 is 2.33 bits per heavy atom. The lowest BCUT2D eigenvalue weighted by Gasteiger charge is -2.24. The van der Waals surface area contributed by atoms with Gasteiger partial charge in [0.25, 0.3) is 0 Å². The van der Waals surface area contributed by atoms with Crippen LogP contribution in [0.5, 0.6) is 0 Å². The van der Waals surface area contributed by atoms with Gasteiger partial charge in [0, 0.05) is 11.8 Å². The number of rotatable bonds is 1. The van der Waals surface area contributed by atoms with Gasteiger partial charge in [-0.05, 0) is 33.4 Å². The van der Waals surface area contributed by atoms with Crippen LogP contribution in [0.4, 0.5) is 0 Å². The van der Waals surface area contributed by atoms with E-state index in [4.69, 9.17) is 4.74 Å². The minimum Gasteiger partial charge on any atom is -0.362 e. The van der Waals surface area contributed by atoms with Gasteiger partial charge in [-0.15, -0.1) is 11.8 Å². The van der Waals surface area contributed by atoms with E-state index in [1.165, 1.54) is 25.1 Å². The van der Waals surface area contributed by atoms with Crippen molar-refractivity contribution < 1.29 is 4.74 Å². The summed E-state index contributed by atoms with van der Waals surface area (Å²) in [6, 6.07) is 0.697. The zero-order chi connectivity index (χ0) is 8.55. The Kier molecular flexibility index (Phi) is 2.63. The normalized spacial score (nSPS) is 44.0. The lowest BCUT2D eigenvalue weighted by atomic mass is 10.1. The number of likely N-dealkylation sites (tertiary alicyclic amines) is 1. The molecule has 0 aromatic rings. The topological polar surface area (TPSA) is 12.5 Å². The minimum atomic E-state index is 0.420. The largest absolute Gasteiger partial charge is 0.362 e. The van der Waals surface area contributed by atoms with Gasteiger partial charge < -0.3 is 9.64 Å². The van der Waals surface area contributed by atoms with Crippen LogP contribution in [-0.2, 0) is 4.74 Å². The highest BCUT2D eigenvalue weighted by Gasteiger charge is 2.34. The summed E-state index contributed by atoms with van der Waals surface area (Å²) in [5.74, 6) is 1.19. The molecule has 2 nitrogen and oxygen atoms in total. The van der Waals surface area contributed by atoms with Crippen LogP contribution < -0.4 is 0 Å². The van der Waals surface area contributed by atoms with E-state index in [0.717, 1.165) is 0 Å². The van der Waals surface area contributed by atoms with Gasteiger partial charge in [0.05, 0.1) is 6.10 Å². The van der Waals surface area contributed by atoms with Crippen molar-refractivity contribution in [2.45, 2.75) is 37.3 Å². The lowest BCUT2D eigenvalue weighted by Crippen LogP contribution is -2.37. The fourth-order valence-electron chi connectivity index (χ4n) is 2.16. The van der Waals surface area contributed by atoms with Crippen molar-refractivity contribution in [3.63, 3.8) is 0 Å². The van der Waals surface area contributed by atoms with E-state index in [2.05, 4.69) is 18.9 Å². The molecule has 0 N–H and O–H groups in total. The second-order valence-electron chi connectivity index (χ2n) is 3.77. The first kappa shape index (κ1) is 8.85. The third kappa shape index (κ3) is 1.63. The van der Waals surface area contributed by atoms with Crippen LogP contribution in [0.25, 0.3) is 0 Å². The summed E-state index contributed by atoms with van der Waals surface area (Å²) >= 11 is 1.95. The van der Waals surface area contributed by atoms with Gasteiger partial charge in [-0.25, -0.2) is 0 Å². The van der Waals surface area contributed by atoms with E-state index in [-0.39, 0.29) is 0 Å². The van der Waals surface area contributed by atoms with Gasteiger partial charge in [0.2, 0.25) is 0 Å². The highest BCUT2D eigenvalue weighted by atomic mass is 32.2. The molecule has 12 heavy (non-hydrogen) atoms. The van der Waals surface area contributed by atoms with Crippen LogP contribution in [0.1, 0.15) is 19.8 Å². The van der Waals surface area contributed by atoms with E-state index in [9.17, 15) is 0 Å². The number of nitrogens with zero attached hydrogens (tertiary/aromatic N) is 1. The lowest BCUT2D eigenvalue weighted by molar-refractivity contribution is 0.0255. The predicted octanol–water partition coefficient (Wildman–Crippen LogP) is 1.56. The van der Waals surface area contributed by atoms with Crippen molar-refractivity contribution in [2.75, 3.05) is 19.3 Å². The standard InChI is InChI=1S/C9H17NOS/c1-7-11-9(6-12-7)8-4-3-5-10(8)2/h7-9H,3-6H2,1-2H3/t7-,8+,9+/m1/s1. The first-order chi connectivity index (χ1) is 5.77. The fourth-order valence-corrected chi connectivity index (χ4v) is 3.15. The molecule has 70 valence electrons. The number of thioether (sulfide) groups is 1. The second-order valence-corrected chi connectivity index (χ2v) is 5.10. The molecule has 0 aliphatic carbocycles. The van der Waals surface area contributed by atoms with Crippen molar-refractivity contribution in [3.8, 4) is 0 Å². The van der Waals surface area contributed by atoms with E-state index >= 15 is 0 Å². The molecule has 0 aromatic carbocycles. The molecule has 0 bridgehead atoms. The summed E-state index contributed by atoms with van der Waals surface area (Å²) in [4.78, 5) is 2.45. The molecule has 2 fully saturated rings. The molecule has 0 radical (unpaired) electrons. The Labute approximate surface area is 78.6 Å². The van der Waals surface area contributed by atoms with Gasteiger partial charge in [-0.1, -0.05) is 0 Å². The number of hydrogen-bond acceptors (Lipinski definition) is 3. The third-order valence-corrected chi connectivity index (χ3v) is 3.97. The summed E-state index contributed by atoms with van der Waals surface area (Å²) in [6.07, 6.45) is 3.17. The second kappa shape index (κ2) is 3.56. The summed E-state index contributed by atoms with van der Waals surface area (Å²) in [5.41, 5.74) is 0.420. The van der Waals surface area contributed by atoms with Crippen LogP contribution in [0, 0.1) is 0 Å². The van der Waals surface area contributed by atoms with Crippen LogP contribution >= 0.6 is 11.8 Å². The molecule has 0 aromatic heterocycles. The molecule has 2 saturated heterocycles. The molecular formula is C9H17NOS. The monoisotopic (exact) mass is 187 g/mol. The third-order valence-electron chi connectivity index (χ3n) is 2.87. The average molecular weight is 187 g/mol. The summed E-state index contributed by atoms with van der Waals surface area (Å²) in [7, 11) is 2.22. The molecule has 2 rings (SSSR count). The molecule has 0 saturated carbocycles. The number of ether oxygens (including phenoxy) is 1. The van der Waals surface area contributed by atoms with Crippen molar-refractivity contribution >= 4 is 11.8 Å². The number of likely N-dealkylation sites (N-methyl/N-ethyl adjacent to an activating group) is 1. The Morgan fingerprint density at radius 3 is 2.83 bits per heavy atom. The Bertz CT molecular complexity index is 165. The summed E-state index contributed by atoms with van der Waals surface area (Å²) in [5, 5.41) is 0. The van der Waals surface area contributed by atoms with Gasteiger partial charge in [-0.2, -0.15) is 0 Å². The predicted molar refractivity (Wildman–Crippen MR) is 52.4 cm³/mol. The molecule has 3 atom stereocenters. The maximum atomic E-state index is 5.84. The molecule has 0 unspecified atom stereocenters. The van der Waals surface area contributed by atoms with E-state index in [1.807, 2.05) is 11.8 Å². The summed E-state index contributed by atoms with van der Waals surface area (Å²) < 4.78 is 5.84. The first-order valence-corrected chi connectivity index (χ1v) is 5.79. The minimum absolute atomic E-state index is 0.420. The molecule has 2 aliphatic rings. The maximum Gasteiger partial charge on any atom is 0.100 e. The SMILES string of the molecule is C[C@@H]1O[C@H]([C@@H]2CCCN2C)CS1. The average Bonchev–Trinajstić information content (AvgIpc) is 2.58. The van der Waals surface area contributed by atoms with Crippen molar-refractivity contribution in [2.24, 2.45) is 0 Å². The Hall–Kier alpha value is 0.270. The highest BCUT2D eigenvalue weighted by molar-refractivity contribution is 7.99. The molecule has 0 amide bonds. The summed E-state index contributed by atoms with van der Waals surface area (Å²) in [6.45, 7) is 3.41. The zero-order valence-electron chi connectivity index (χ0n) is 7.82. The van der Waals surface area contributed by atoms with Crippen molar-refractivity contribution in [3.05, 3.63) is 0 Å². The Balaban J connectivity index is 1.91. The van der Waals surface area contributed by atoms with Crippen LogP contribution in [0.15, 0.2) is 0 Å². The van der Waals surface area contributed by atoms with Crippen LogP contribution in [0.3, 0.4) is 0 Å². The highest BCUT2D eigenvalue weighted by Crippen LogP contribution is 2.31. The van der Waals surface area contributed by atoms with E-state index in [0.29, 0.717) is 17.6 Å². The Morgan fingerprint density at radius 1 is 1.50 bits per heavy atom. The molecule has 2 aliphatic heterocycles. The fraction of sp³-hybridized carbons (Fsp3) is 1.00. The van der Waals surface area contributed by atoms with Crippen molar-refractivity contribution in [1.29, 1.82) is 0 Å². The van der Waals surface area contributed by atoms with Crippen LogP contribution in [-0.4, -0.2) is 41.8 Å². The van der Waals surface area contributed by atoms with E-state index in [1.54, 1.807) is 0 Å². The molecule has 0 spiro atoms. The van der Waals surface area contributed by atoms with E-state index < -0.39 is 0 Å². The zero-order valence-corrected chi connectivity index (χ0v) is 8.64. The smallest absolute Gasteiger partial charge is 0.100 e. The molecule has 2 heterocycles. The number of hydrogen-bond donors (Lipinski definition) is 0. The maximum absolute atomic E-state index is 5.84. The van der Waals surface area contributed by atoms with Gasteiger partial charge in [0.1, 0.15) is 5.44 Å².